The van der Waals surface area contributed by atoms with Gasteiger partial charge in [-0.15, -0.1) is 0 Å². The second-order valence-electron chi connectivity index (χ2n) is 4.88. The second-order valence-corrected chi connectivity index (χ2v) is 5.67. The summed E-state index contributed by atoms with van der Waals surface area (Å²) in [6, 6.07) is 8.83. The van der Waals surface area contributed by atoms with Crippen LogP contribution in [0.4, 0.5) is 11.6 Å². The van der Waals surface area contributed by atoms with Crippen LogP contribution >= 0.6 is 12.0 Å². The van der Waals surface area contributed by atoms with Gasteiger partial charge in [-0.2, -0.15) is 14.3 Å². The first-order chi connectivity index (χ1) is 11.1. The molecular formula is C15H14N4O3S. The highest BCUT2D eigenvalue weighted by Crippen LogP contribution is 2.36. The average molecular weight is 330 g/mol. The molecule has 0 atom stereocenters. The van der Waals surface area contributed by atoms with E-state index >= 15 is 0 Å². The van der Waals surface area contributed by atoms with Gasteiger partial charge in [0.1, 0.15) is 17.4 Å². The Kier molecular flexibility index (Phi) is 4.28. The molecule has 3 rings (SSSR count). The molecule has 8 heteroatoms. The van der Waals surface area contributed by atoms with Crippen LogP contribution in [0.2, 0.25) is 0 Å². The van der Waals surface area contributed by atoms with Crippen molar-refractivity contribution in [3.05, 3.63) is 42.0 Å². The number of aryl methyl sites for hydroxylation is 2. The maximum Gasteiger partial charge on any atom is 0.230 e. The molecule has 0 fully saturated rings. The summed E-state index contributed by atoms with van der Waals surface area (Å²) < 4.78 is 4.05. The van der Waals surface area contributed by atoms with Gasteiger partial charge in [0.2, 0.25) is 5.95 Å². The molecule has 3 aromatic rings. The quantitative estimate of drug-likeness (QED) is 0.379. The molecular weight excluding hydrogens is 316 g/mol. The molecule has 0 saturated heterocycles. The summed E-state index contributed by atoms with van der Waals surface area (Å²) in [5.74, 6) is 1.71. The molecule has 118 valence electrons. The van der Waals surface area contributed by atoms with Crippen molar-refractivity contribution in [3.8, 4) is 5.75 Å². The van der Waals surface area contributed by atoms with Crippen LogP contribution in [-0.2, 0) is 4.33 Å². The summed E-state index contributed by atoms with van der Waals surface area (Å²) in [7, 11) is 0. The van der Waals surface area contributed by atoms with Crippen molar-refractivity contribution in [1.82, 2.24) is 15.0 Å². The molecule has 2 aromatic carbocycles. The minimum atomic E-state index is 0.0626. The van der Waals surface area contributed by atoms with E-state index in [2.05, 4.69) is 24.6 Å². The van der Waals surface area contributed by atoms with Gasteiger partial charge in [0, 0.05) is 10.3 Å². The van der Waals surface area contributed by atoms with E-state index < -0.39 is 0 Å². The highest BCUT2D eigenvalue weighted by Gasteiger charge is 2.10. The molecule has 0 spiro atoms. The minimum absolute atomic E-state index is 0.0626. The van der Waals surface area contributed by atoms with Crippen molar-refractivity contribution in [1.29, 1.82) is 0 Å². The summed E-state index contributed by atoms with van der Waals surface area (Å²) in [4.78, 5) is 13.2. The third-order valence-corrected chi connectivity index (χ3v) is 3.67. The molecule has 1 heterocycles. The Morgan fingerprint density at radius 1 is 1.09 bits per heavy atom. The number of phenols is 1. The summed E-state index contributed by atoms with van der Waals surface area (Å²) in [6.07, 6.45) is 0. The molecule has 0 unspecified atom stereocenters. The highest BCUT2D eigenvalue weighted by molar-refractivity contribution is 7.94. The summed E-state index contributed by atoms with van der Waals surface area (Å²) in [5.41, 5.74) is 0.673. The summed E-state index contributed by atoms with van der Waals surface area (Å²) in [5, 5.41) is 23.4. The zero-order valence-corrected chi connectivity index (χ0v) is 13.3. The van der Waals surface area contributed by atoms with Crippen molar-refractivity contribution in [2.45, 2.75) is 18.7 Å². The van der Waals surface area contributed by atoms with E-state index in [4.69, 9.17) is 5.26 Å². The van der Waals surface area contributed by atoms with Crippen LogP contribution < -0.4 is 5.32 Å². The van der Waals surface area contributed by atoms with E-state index in [1.54, 1.807) is 19.9 Å². The topological polar surface area (TPSA) is 100 Å². The third kappa shape index (κ3) is 3.34. The number of rotatable bonds is 4. The fraction of sp³-hybridized carbons (Fsp3) is 0.133. The fourth-order valence-corrected chi connectivity index (χ4v) is 2.79. The van der Waals surface area contributed by atoms with Crippen LogP contribution in [0.1, 0.15) is 11.6 Å². The molecule has 0 amide bonds. The Morgan fingerprint density at radius 2 is 1.83 bits per heavy atom. The van der Waals surface area contributed by atoms with Gasteiger partial charge >= 0.3 is 0 Å². The lowest BCUT2D eigenvalue weighted by Crippen LogP contribution is -2.03. The normalized spacial score (nSPS) is 10.9. The van der Waals surface area contributed by atoms with E-state index in [1.807, 2.05) is 18.2 Å². The van der Waals surface area contributed by atoms with Crippen LogP contribution in [0.5, 0.6) is 5.75 Å². The maximum absolute atomic E-state index is 10.3. The van der Waals surface area contributed by atoms with Gasteiger partial charge in [0.25, 0.3) is 0 Å². The molecule has 0 radical (unpaired) electrons. The van der Waals surface area contributed by atoms with E-state index in [1.165, 1.54) is 6.07 Å². The molecule has 23 heavy (non-hydrogen) atoms. The van der Waals surface area contributed by atoms with Crippen LogP contribution in [-0.4, -0.2) is 25.3 Å². The first kappa shape index (κ1) is 15.5. The molecule has 1 aromatic heterocycles. The zero-order chi connectivity index (χ0) is 16.4. The molecule has 3 N–H and O–H groups in total. The van der Waals surface area contributed by atoms with Crippen molar-refractivity contribution in [2.75, 3.05) is 5.32 Å². The zero-order valence-electron chi connectivity index (χ0n) is 12.4. The van der Waals surface area contributed by atoms with E-state index in [0.29, 0.717) is 33.6 Å². The average Bonchev–Trinajstić information content (AvgIpc) is 2.46. The lowest BCUT2D eigenvalue weighted by atomic mass is 10.1. The van der Waals surface area contributed by atoms with Crippen LogP contribution in [0.15, 0.2) is 35.2 Å². The second kappa shape index (κ2) is 6.37. The first-order valence-corrected chi connectivity index (χ1v) is 7.51. The Morgan fingerprint density at radius 3 is 2.52 bits per heavy atom. The number of aromatic nitrogens is 3. The Balaban J connectivity index is 2.07. The van der Waals surface area contributed by atoms with Gasteiger partial charge < -0.3 is 10.4 Å². The number of hydrogen-bond donors (Lipinski definition) is 3. The summed E-state index contributed by atoms with van der Waals surface area (Å²) in [6.45, 7) is 3.58. The minimum Gasteiger partial charge on any atom is -0.507 e. The van der Waals surface area contributed by atoms with Gasteiger partial charge in [-0.05, 0) is 37.4 Å². The number of nitrogens with zero attached hydrogens (tertiary/aromatic N) is 3. The number of anilines is 2. The monoisotopic (exact) mass is 330 g/mol. The number of benzene rings is 2. The SMILES string of the molecule is Cc1nc(C)nc(Nc2cccc3cc(SOO)cc(O)c23)n1. The summed E-state index contributed by atoms with van der Waals surface area (Å²) >= 11 is 0.760. The molecule has 0 saturated carbocycles. The first-order valence-electron chi connectivity index (χ1n) is 6.77. The fourth-order valence-electron chi connectivity index (χ4n) is 2.37. The number of phenolic OH excluding ortho intramolecular Hbond substituents is 1. The maximum atomic E-state index is 10.3. The number of aromatic hydroxyl groups is 1. The van der Waals surface area contributed by atoms with Gasteiger partial charge in [-0.3, -0.25) is 0 Å². The van der Waals surface area contributed by atoms with Gasteiger partial charge in [0.15, 0.2) is 0 Å². The Bertz CT molecular complexity index is 852. The van der Waals surface area contributed by atoms with Gasteiger partial charge in [-0.25, -0.2) is 10.2 Å². The molecule has 0 bridgehead atoms. The lowest BCUT2D eigenvalue weighted by molar-refractivity contribution is -0.116. The van der Waals surface area contributed by atoms with Crippen molar-refractivity contribution < 1.29 is 14.7 Å². The lowest BCUT2D eigenvalue weighted by Gasteiger charge is -2.11. The molecule has 0 aliphatic heterocycles. The largest absolute Gasteiger partial charge is 0.507 e. The van der Waals surface area contributed by atoms with E-state index in [9.17, 15) is 5.11 Å². The highest BCUT2D eigenvalue weighted by atomic mass is 32.2. The van der Waals surface area contributed by atoms with Gasteiger partial charge in [0.05, 0.1) is 17.7 Å². The van der Waals surface area contributed by atoms with Gasteiger partial charge in [-0.1, -0.05) is 12.1 Å². The Labute approximate surface area is 136 Å². The Hall–Kier alpha value is -2.42. The van der Waals surface area contributed by atoms with Crippen LogP contribution in [0.3, 0.4) is 0 Å². The van der Waals surface area contributed by atoms with E-state index in [0.717, 1.165) is 17.4 Å². The number of hydrogen-bond acceptors (Lipinski definition) is 8. The molecule has 0 aliphatic carbocycles. The van der Waals surface area contributed by atoms with Crippen molar-refractivity contribution in [2.24, 2.45) is 0 Å². The van der Waals surface area contributed by atoms with Crippen molar-refractivity contribution >= 4 is 34.5 Å². The van der Waals surface area contributed by atoms with Crippen LogP contribution in [0, 0.1) is 13.8 Å². The smallest absolute Gasteiger partial charge is 0.230 e. The third-order valence-electron chi connectivity index (χ3n) is 3.17. The molecule has 7 nitrogen and oxygen atoms in total. The predicted molar refractivity (Wildman–Crippen MR) is 87.8 cm³/mol. The van der Waals surface area contributed by atoms with E-state index in [-0.39, 0.29) is 5.75 Å². The predicted octanol–water partition coefficient (Wildman–Crippen LogP) is 3.59. The standard InChI is InChI=1S/C15H14N4O3S/c1-8-16-9(2)18-15(17-8)19-12-5-3-4-10-6-11(23-22-21)7-13(20)14(10)12/h3-7,20-21H,1-2H3,(H,16,17,18,19). The molecule has 0 aliphatic rings. The number of fused-ring (bicyclic) bond motifs is 1. The number of nitrogens with one attached hydrogen (secondary N) is 1. The van der Waals surface area contributed by atoms with Crippen molar-refractivity contribution in [3.63, 3.8) is 0 Å². The van der Waals surface area contributed by atoms with Crippen LogP contribution in [0.25, 0.3) is 10.8 Å².